The monoisotopic (exact) mass is 380 g/mol. The van der Waals surface area contributed by atoms with Crippen LogP contribution in [0.1, 0.15) is 35.9 Å². The molecule has 0 bridgehead atoms. The van der Waals surface area contributed by atoms with Crippen molar-refractivity contribution in [2.75, 3.05) is 12.9 Å². The van der Waals surface area contributed by atoms with E-state index in [2.05, 4.69) is 27.2 Å². The maximum atomic E-state index is 13.7. The van der Waals surface area contributed by atoms with Crippen molar-refractivity contribution in [2.24, 2.45) is 0 Å². The fourth-order valence-electron chi connectivity index (χ4n) is 2.18. The maximum absolute atomic E-state index is 13.7. The molecule has 9 heteroatoms. The molecule has 0 saturated carbocycles. The van der Waals surface area contributed by atoms with E-state index in [4.69, 9.17) is 0 Å². The lowest BCUT2D eigenvalue weighted by Gasteiger charge is -2.10. The second-order valence-corrected chi connectivity index (χ2v) is 6.37. The summed E-state index contributed by atoms with van der Waals surface area (Å²) in [5, 5.41) is 11.4. The summed E-state index contributed by atoms with van der Waals surface area (Å²) in [5.74, 6) is -0.767. The number of thioether (sulfide) groups is 1. The van der Waals surface area contributed by atoms with Gasteiger partial charge in [0.2, 0.25) is 0 Å². The molecule has 1 amide bonds. The Morgan fingerprint density at radius 3 is 2.77 bits per heavy atom. The second-order valence-electron chi connectivity index (χ2n) is 5.43. The lowest BCUT2D eigenvalue weighted by Crippen LogP contribution is -2.25. The highest BCUT2D eigenvalue weighted by atomic mass is 32.2. The molecule has 0 saturated heterocycles. The Kier molecular flexibility index (Phi) is 7.58. The molecule has 26 heavy (non-hydrogen) atoms. The van der Waals surface area contributed by atoms with Gasteiger partial charge in [0.25, 0.3) is 5.91 Å². The predicted octanol–water partition coefficient (Wildman–Crippen LogP) is 2.41. The molecule has 2 aromatic rings. The first-order chi connectivity index (χ1) is 12.6. The number of benzene rings is 1. The Morgan fingerprint density at radius 1 is 1.31 bits per heavy atom. The first-order valence-electron chi connectivity index (χ1n) is 8.21. The molecule has 0 atom stereocenters. The molecule has 0 radical (unpaired) electrons. The van der Waals surface area contributed by atoms with Crippen LogP contribution in [-0.4, -0.2) is 39.5 Å². The number of hydrogen-bond acceptors (Lipinski definition) is 6. The van der Waals surface area contributed by atoms with E-state index in [1.165, 1.54) is 37.1 Å². The zero-order chi connectivity index (χ0) is 18.9. The fourth-order valence-corrected chi connectivity index (χ4v) is 3.00. The molecular weight excluding hydrogens is 359 g/mol. The first kappa shape index (κ1) is 19.9. The minimum Gasteiger partial charge on any atom is -0.468 e. The SMILES string of the molecule is CCCCn1c(CNC(=O)c2ccccc2F)nnc1SCC(=O)OC. The van der Waals surface area contributed by atoms with Crippen LogP contribution in [0.3, 0.4) is 0 Å². The highest BCUT2D eigenvalue weighted by molar-refractivity contribution is 7.99. The molecule has 1 aromatic heterocycles. The number of methoxy groups -OCH3 is 1. The van der Waals surface area contributed by atoms with Crippen LogP contribution in [0.4, 0.5) is 4.39 Å². The van der Waals surface area contributed by atoms with Crippen molar-refractivity contribution >= 4 is 23.6 Å². The zero-order valence-corrected chi connectivity index (χ0v) is 15.5. The summed E-state index contributed by atoms with van der Waals surface area (Å²) in [6.07, 6.45) is 1.87. The average Bonchev–Trinajstić information content (AvgIpc) is 3.04. The van der Waals surface area contributed by atoms with Gasteiger partial charge in [-0.1, -0.05) is 37.2 Å². The summed E-state index contributed by atoms with van der Waals surface area (Å²) >= 11 is 1.23. The summed E-state index contributed by atoms with van der Waals surface area (Å²) < 4.78 is 20.2. The first-order valence-corrected chi connectivity index (χ1v) is 9.19. The molecule has 7 nitrogen and oxygen atoms in total. The summed E-state index contributed by atoms with van der Waals surface area (Å²) in [5.41, 5.74) is -0.0209. The van der Waals surface area contributed by atoms with Crippen LogP contribution >= 0.6 is 11.8 Å². The van der Waals surface area contributed by atoms with E-state index in [-0.39, 0.29) is 23.8 Å². The number of unbranched alkanes of at least 4 members (excludes halogenated alkanes) is 1. The van der Waals surface area contributed by atoms with Gasteiger partial charge >= 0.3 is 5.97 Å². The smallest absolute Gasteiger partial charge is 0.316 e. The van der Waals surface area contributed by atoms with Gasteiger partial charge in [0, 0.05) is 6.54 Å². The average molecular weight is 380 g/mol. The molecule has 1 heterocycles. The van der Waals surface area contributed by atoms with Gasteiger partial charge in [-0.3, -0.25) is 9.59 Å². The van der Waals surface area contributed by atoms with Gasteiger partial charge in [0.1, 0.15) is 5.82 Å². The van der Waals surface area contributed by atoms with Gasteiger partial charge in [0.05, 0.1) is 25.0 Å². The Labute approximate surface area is 155 Å². The third kappa shape index (κ3) is 5.29. The molecule has 0 aliphatic carbocycles. The lowest BCUT2D eigenvalue weighted by molar-refractivity contribution is -0.137. The molecule has 2 rings (SSSR count). The Balaban J connectivity index is 2.07. The van der Waals surface area contributed by atoms with E-state index < -0.39 is 11.7 Å². The number of halogens is 1. The predicted molar refractivity (Wildman–Crippen MR) is 95.2 cm³/mol. The van der Waals surface area contributed by atoms with Crippen LogP contribution in [0.2, 0.25) is 0 Å². The summed E-state index contributed by atoms with van der Waals surface area (Å²) in [6, 6.07) is 5.78. The van der Waals surface area contributed by atoms with Crippen LogP contribution in [0.5, 0.6) is 0 Å². The van der Waals surface area contributed by atoms with Crippen molar-refractivity contribution in [2.45, 2.75) is 38.0 Å². The number of ether oxygens (including phenoxy) is 1. The van der Waals surface area contributed by atoms with E-state index in [1.807, 2.05) is 4.57 Å². The molecule has 1 aromatic carbocycles. The standard InChI is InChI=1S/C17H21FN4O3S/c1-3-4-9-22-14(20-21-17(22)26-11-15(23)25-2)10-19-16(24)12-7-5-6-8-13(12)18/h5-8H,3-4,9-11H2,1-2H3,(H,19,24). The number of hydrogen-bond donors (Lipinski definition) is 1. The largest absolute Gasteiger partial charge is 0.468 e. The molecular formula is C17H21FN4O3S. The van der Waals surface area contributed by atoms with Crippen LogP contribution in [0, 0.1) is 5.82 Å². The topological polar surface area (TPSA) is 86.1 Å². The van der Waals surface area contributed by atoms with Gasteiger partial charge in [-0.2, -0.15) is 0 Å². The summed E-state index contributed by atoms with van der Waals surface area (Å²) in [4.78, 5) is 23.5. The number of aromatic nitrogens is 3. The normalized spacial score (nSPS) is 10.6. The minimum absolute atomic E-state index is 0.0209. The van der Waals surface area contributed by atoms with Crippen LogP contribution < -0.4 is 5.32 Å². The van der Waals surface area contributed by atoms with Gasteiger partial charge in [0.15, 0.2) is 11.0 Å². The van der Waals surface area contributed by atoms with Crippen molar-refractivity contribution in [3.8, 4) is 0 Å². The van der Waals surface area contributed by atoms with E-state index in [0.717, 1.165) is 12.8 Å². The van der Waals surface area contributed by atoms with Crippen LogP contribution in [-0.2, 0) is 22.6 Å². The van der Waals surface area contributed by atoms with Crippen molar-refractivity contribution < 1.29 is 18.7 Å². The number of carbonyl (C=O) groups excluding carboxylic acids is 2. The molecule has 0 spiro atoms. The quantitative estimate of drug-likeness (QED) is 0.531. The number of rotatable bonds is 9. The number of nitrogens with one attached hydrogen (secondary N) is 1. The lowest BCUT2D eigenvalue weighted by atomic mass is 10.2. The number of amides is 1. The Morgan fingerprint density at radius 2 is 2.08 bits per heavy atom. The van der Waals surface area contributed by atoms with E-state index in [0.29, 0.717) is 17.5 Å². The van der Waals surface area contributed by atoms with Crippen molar-refractivity contribution in [1.82, 2.24) is 20.1 Å². The second kappa shape index (κ2) is 9.91. The molecule has 0 aliphatic rings. The fraction of sp³-hybridized carbons (Fsp3) is 0.412. The Bertz CT molecular complexity index is 766. The third-order valence-corrected chi connectivity index (χ3v) is 4.54. The number of esters is 1. The van der Waals surface area contributed by atoms with Crippen molar-refractivity contribution in [3.05, 3.63) is 41.5 Å². The van der Waals surface area contributed by atoms with Crippen LogP contribution in [0.15, 0.2) is 29.4 Å². The number of carbonyl (C=O) groups is 2. The van der Waals surface area contributed by atoms with E-state index >= 15 is 0 Å². The molecule has 140 valence electrons. The molecule has 1 N–H and O–H groups in total. The van der Waals surface area contributed by atoms with Gasteiger partial charge in [-0.05, 0) is 18.6 Å². The maximum Gasteiger partial charge on any atom is 0.316 e. The minimum atomic E-state index is -0.577. The van der Waals surface area contributed by atoms with Gasteiger partial charge in [-0.15, -0.1) is 10.2 Å². The molecule has 0 aliphatic heterocycles. The number of nitrogens with zero attached hydrogens (tertiary/aromatic N) is 3. The van der Waals surface area contributed by atoms with Gasteiger partial charge in [-0.25, -0.2) is 4.39 Å². The van der Waals surface area contributed by atoms with E-state index in [1.54, 1.807) is 6.07 Å². The van der Waals surface area contributed by atoms with Crippen LogP contribution in [0.25, 0.3) is 0 Å². The summed E-state index contributed by atoms with van der Waals surface area (Å²) in [6.45, 7) is 2.84. The highest BCUT2D eigenvalue weighted by Gasteiger charge is 2.16. The third-order valence-electron chi connectivity index (χ3n) is 3.60. The van der Waals surface area contributed by atoms with Crippen molar-refractivity contribution in [1.29, 1.82) is 0 Å². The molecule has 0 fully saturated rings. The van der Waals surface area contributed by atoms with Gasteiger partial charge < -0.3 is 14.6 Å². The zero-order valence-electron chi connectivity index (χ0n) is 14.7. The van der Waals surface area contributed by atoms with Crippen molar-refractivity contribution in [3.63, 3.8) is 0 Å². The highest BCUT2D eigenvalue weighted by Crippen LogP contribution is 2.18. The summed E-state index contributed by atoms with van der Waals surface area (Å²) in [7, 11) is 1.33. The van der Waals surface area contributed by atoms with E-state index in [9.17, 15) is 14.0 Å². The molecule has 0 unspecified atom stereocenters. The Hall–Kier alpha value is -2.42.